The van der Waals surface area contributed by atoms with E-state index in [1.54, 1.807) is 12.3 Å². The van der Waals surface area contributed by atoms with Gasteiger partial charge in [0.05, 0.1) is 0 Å². The van der Waals surface area contributed by atoms with Crippen molar-refractivity contribution in [2.24, 2.45) is 0 Å². The van der Waals surface area contributed by atoms with Crippen LogP contribution < -0.4 is 16.0 Å². The number of nitrogens with one attached hydrogen (secondary N) is 3. The van der Waals surface area contributed by atoms with E-state index in [2.05, 4.69) is 31.1 Å². The molecule has 7 nitrogen and oxygen atoms in total. The molecular formula is C20H22N6O. The molecule has 2 heterocycles. The maximum Gasteiger partial charge on any atom is 0.251 e. The third-order valence-corrected chi connectivity index (χ3v) is 3.83. The number of aromatic nitrogens is 3. The van der Waals surface area contributed by atoms with E-state index in [1.165, 1.54) is 0 Å². The van der Waals surface area contributed by atoms with Crippen molar-refractivity contribution in [1.29, 1.82) is 0 Å². The molecule has 0 aliphatic heterocycles. The zero-order valence-corrected chi connectivity index (χ0v) is 15.4. The Balaban J connectivity index is 1.43. The van der Waals surface area contributed by atoms with E-state index >= 15 is 0 Å². The van der Waals surface area contributed by atoms with E-state index in [9.17, 15) is 4.79 Å². The predicted molar refractivity (Wildman–Crippen MR) is 106 cm³/mol. The molecule has 27 heavy (non-hydrogen) atoms. The zero-order valence-electron chi connectivity index (χ0n) is 15.4. The highest BCUT2D eigenvalue weighted by Gasteiger charge is 2.04. The second-order valence-corrected chi connectivity index (χ2v) is 6.20. The Morgan fingerprint density at radius 2 is 1.67 bits per heavy atom. The average Bonchev–Trinajstić information content (AvgIpc) is 2.68. The first-order valence-corrected chi connectivity index (χ1v) is 8.72. The minimum Gasteiger partial charge on any atom is -0.367 e. The number of anilines is 3. The molecule has 138 valence electrons. The van der Waals surface area contributed by atoms with Gasteiger partial charge in [0.1, 0.15) is 11.6 Å². The highest BCUT2D eigenvalue weighted by Crippen LogP contribution is 2.12. The van der Waals surface area contributed by atoms with Crippen LogP contribution in [0.25, 0.3) is 0 Å². The van der Waals surface area contributed by atoms with Gasteiger partial charge in [0, 0.05) is 24.8 Å². The van der Waals surface area contributed by atoms with Crippen LogP contribution in [0, 0.1) is 13.8 Å². The lowest BCUT2D eigenvalue weighted by molar-refractivity contribution is 0.0955. The van der Waals surface area contributed by atoms with Gasteiger partial charge in [-0.25, -0.2) is 4.98 Å². The van der Waals surface area contributed by atoms with Gasteiger partial charge in [-0.15, -0.1) is 10.2 Å². The van der Waals surface area contributed by atoms with Crippen LogP contribution in [-0.2, 0) is 0 Å². The summed E-state index contributed by atoms with van der Waals surface area (Å²) in [5.41, 5.74) is 2.82. The Morgan fingerprint density at radius 3 is 2.37 bits per heavy atom. The molecule has 3 aromatic rings. The van der Waals surface area contributed by atoms with Crippen molar-refractivity contribution < 1.29 is 4.79 Å². The lowest BCUT2D eigenvalue weighted by Crippen LogP contribution is -2.28. The van der Waals surface area contributed by atoms with Gasteiger partial charge in [0.15, 0.2) is 5.82 Å². The van der Waals surface area contributed by atoms with Crippen LogP contribution in [0.1, 0.15) is 21.5 Å². The van der Waals surface area contributed by atoms with Gasteiger partial charge >= 0.3 is 0 Å². The maximum atomic E-state index is 12.1. The molecule has 3 rings (SSSR count). The number of benzene rings is 1. The molecule has 0 aliphatic carbocycles. The fraction of sp³-hybridized carbons (Fsp3) is 0.200. The Morgan fingerprint density at radius 1 is 0.889 bits per heavy atom. The van der Waals surface area contributed by atoms with Crippen LogP contribution in [0.4, 0.5) is 17.5 Å². The molecule has 1 amide bonds. The van der Waals surface area contributed by atoms with Crippen molar-refractivity contribution in [2.45, 2.75) is 13.8 Å². The van der Waals surface area contributed by atoms with Crippen LogP contribution >= 0.6 is 0 Å². The SMILES string of the molecule is Cc1ccc(Nc2ccc(NCCNC(=O)c3cccc(C)c3)nn2)nc1. The van der Waals surface area contributed by atoms with E-state index in [-0.39, 0.29) is 5.91 Å². The molecule has 0 bridgehead atoms. The summed E-state index contributed by atoms with van der Waals surface area (Å²) in [5.74, 6) is 1.89. The summed E-state index contributed by atoms with van der Waals surface area (Å²) >= 11 is 0. The first-order valence-electron chi connectivity index (χ1n) is 8.72. The summed E-state index contributed by atoms with van der Waals surface area (Å²) in [6, 6.07) is 15.0. The van der Waals surface area contributed by atoms with Crippen molar-refractivity contribution in [2.75, 3.05) is 23.7 Å². The van der Waals surface area contributed by atoms with Crippen molar-refractivity contribution in [3.8, 4) is 0 Å². The first kappa shape index (κ1) is 18.3. The van der Waals surface area contributed by atoms with Crippen molar-refractivity contribution in [1.82, 2.24) is 20.5 Å². The lowest BCUT2D eigenvalue weighted by atomic mass is 10.1. The van der Waals surface area contributed by atoms with Gasteiger partial charge in [-0.1, -0.05) is 23.8 Å². The number of amides is 1. The molecule has 2 aromatic heterocycles. The molecular weight excluding hydrogens is 340 g/mol. The van der Waals surface area contributed by atoms with Crippen molar-refractivity contribution >= 4 is 23.4 Å². The number of rotatable bonds is 7. The maximum absolute atomic E-state index is 12.1. The molecule has 0 spiro atoms. The second kappa shape index (κ2) is 8.75. The molecule has 7 heteroatoms. The standard InChI is InChI=1S/C20H22N6O/c1-14-4-3-5-16(12-14)20(27)22-11-10-21-18-8-9-19(26-25-18)24-17-7-6-15(2)13-23-17/h3-9,12-13H,10-11H2,1-2H3,(H,21,25)(H,22,27)(H,23,24,26). The average molecular weight is 362 g/mol. The third kappa shape index (κ3) is 5.50. The smallest absolute Gasteiger partial charge is 0.251 e. The topological polar surface area (TPSA) is 91.8 Å². The monoisotopic (exact) mass is 362 g/mol. The summed E-state index contributed by atoms with van der Waals surface area (Å²) in [6.45, 7) is 4.99. The number of aryl methyl sites for hydroxylation is 2. The fourth-order valence-corrected chi connectivity index (χ4v) is 2.42. The number of hydrogen-bond donors (Lipinski definition) is 3. The van der Waals surface area contributed by atoms with E-state index in [0.29, 0.717) is 30.3 Å². The van der Waals surface area contributed by atoms with E-state index < -0.39 is 0 Å². The number of hydrogen-bond acceptors (Lipinski definition) is 6. The molecule has 3 N–H and O–H groups in total. The molecule has 1 aromatic carbocycles. The second-order valence-electron chi connectivity index (χ2n) is 6.20. The summed E-state index contributed by atoms with van der Waals surface area (Å²) in [5, 5.41) is 17.3. The summed E-state index contributed by atoms with van der Waals surface area (Å²) < 4.78 is 0. The normalized spacial score (nSPS) is 10.3. The van der Waals surface area contributed by atoms with E-state index in [0.717, 1.165) is 16.9 Å². The molecule has 0 fully saturated rings. The minimum atomic E-state index is -0.0864. The molecule has 0 unspecified atom stereocenters. The molecule has 0 atom stereocenters. The largest absolute Gasteiger partial charge is 0.367 e. The first-order chi connectivity index (χ1) is 13.1. The number of nitrogens with zero attached hydrogens (tertiary/aromatic N) is 3. The van der Waals surface area contributed by atoms with Crippen LogP contribution in [0.2, 0.25) is 0 Å². The van der Waals surface area contributed by atoms with Gasteiger partial charge in [0.25, 0.3) is 5.91 Å². The van der Waals surface area contributed by atoms with Gasteiger partial charge < -0.3 is 16.0 Å². The third-order valence-electron chi connectivity index (χ3n) is 3.83. The van der Waals surface area contributed by atoms with Crippen LogP contribution in [0.5, 0.6) is 0 Å². The van der Waals surface area contributed by atoms with Gasteiger partial charge in [-0.3, -0.25) is 4.79 Å². The van der Waals surface area contributed by atoms with Gasteiger partial charge in [-0.05, 0) is 49.7 Å². The van der Waals surface area contributed by atoms with Crippen LogP contribution in [-0.4, -0.2) is 34.2 Å². The van der Waals surface area contributed by atoms with Crippen molar-refractivity contribution in [3.05, 3.63) is 71.4 Å². The number of carbonyl (C=O) groups is 1. The van der Waals surface area contributed by atoms with Gasteiger partial charge in [-0.2, -0.15) is 0 Å². The van der Waals surface area contributed by atoms with Crippen LogP contribution in [0.15, 0.2) is 54.7 Å². The Labute approximate surface area is 158 Å². The fourth-order valence-electron chi connectivity index (χ4n) is 2.42. The lowest BCUT2D eigenvalue weighted by Gasteiger charge is -2.08. The minimum absolute atomic E-state index is 0.0864. The van der Waals surface area contributed by atoms with E-state index in [4.69, 9.17) is 0 Å². The van der Waals surface area contributed by atoms with Gasteiger partial charge in [0.2, 0.25) is 0 Å². The Kier molecular flexibility index (Phi) is 5.94. The highest BCUT2D eigenvalue weighted by molar-refractivity contribution is 5.94. The Hall–Kier alpha value is -3.48. The number of carbonyl (C=O) groups excluding carboxylic acids is 1. The van der Waals surface area contributed by atoms with Crippen LogP contribution in [0.3, 0.4) is 0 Å². The molecule has 0 saturated heterocycles. The summed E-state index contributed by atoms with van der Waals surface area (Å²) in [4.78, 5) is 16.3. The predicted octanol–water partition coefficient (Wildman–Crippen LogP) is 3.07. The number of pyridine rings is 1. The molecule has 0 radical (unpaired) electrons. The van der Waals surface area contributed by atoms with E-state index in [1.807, 2.05) is 56.3 Å². The zero-order chi connectivity index (χ0) is 19.1. The molecule has 0 saturated carbocycles. The van der Waals surface area contributed by atoms with Crippen molar-refractivity contribution in [3.63, 3.8) is 0 Å². The summed E-state index contributed by atoms with van der Waals surface area (Å²) in [6.07, 6.45) is 1.79. The quantitative estimate of drug-likeness (QED) is 0.560. The Bertz CT molecular complexity index is 893. The highest BCUT2D eigenvalue weighted by atomic mass is 16.1. The summed E-state index contributed by atoms with van der Waals surface area (Å²) in [7, 11) is 0. The molecule has 0 aliphatic rings.